The second-order valence-electron chi connectivity index (χ2n) is 4.67. The number of nitrogens with one attached hydrogen (secondary N) is 2. The number of hydrogen-bond donors (Lipinski definition) is 7. The van der Waals surface area contributed by atoms with Crippen LogP contribution in [0.2, 0.25) is 0 Å². The van der Waals surface area contributed by atoms with E-state index in [0.29, 0.717) is 0 Å². The maximum Gasteiger partial charge on any atom is 0.111 e. The molecule has 1 aliphatic heterocycles. The lowest BCUT2D eigenvalue weighted by molar-refractivity contribution is -0.113. The van der Waals surface area contributed by atoms with E-state index in [1.807, 2.05) is 0 Å². The van der Waals surface area contributed by atoms with Gasteiger partial charge in [-0.1, -0.05) is 6.42 Å². The van der Waals surface area contributed by atoms with Gasteiger partial charge in [0, 0.05) is 6.54 Å². The van der Waals surface area contributed by atoms with Crippen molar-refractivity contribution in [3.63, 3.8) is 0 Å². The van der Waals surface area contributed by atoms with Gasteiger partial charge < -0.3 is 36.2 Å². The molecule has 7 nitrogen and oxygen atoms in total. The zero-order valence-corrected chi connectivity index (χ0v) is 11.5. The molecule has 0 saturated carbocycles. The molecule has 0 amide bonds. The van der Waals surface area contributed by atoms with Gasteiger partial charge in [-0.3, -0.25) is 0 Å². The van der Waals surface area contributed by atoms with E-state index in [-0.39, 0.29) is 6.54 Å². The SMILES string of the molecule is C1CCNCC1.CNC[C@H](O)[C@@H](O)[C@H](O)[C@H](O)CO. The fourth-order valence-corrected chi connectivity index (χ4v) is 1.69. The molecule has 4 atom stereocenters. The van der Waals surface area contributed by atoms with E-state index < -0.39 is 31.0 Å². The van der Waals surface area contributed by atoms with Crippen LogP contribution < -0.4 is 10.6 Å². The first-order valence-corrected chi connectivity index (χ1v) is 6.73. The van der Waals surface area contributed by atoms with E-state index in [4.69, 9.17) is 20.4 Å². The highest BCUT2D eigenvalue weighted by Crippen LogP contribution is 2.04. The molecule has 19 heavy (non-hydrogen) atoms. The van der Waals surface area contributed by atoms with Crippen LogP contribution in [0.25, 0.3) is 0 Å². The Morgan fingerprint density at radius 3 is 1.79 bits per heavy atom. The van der Waals surface area contributed by atoms with Crippen LogP contribution in [0.5, 0.6) is 0 Å². The molecule has 1 saturated heterocycles. The maximum atomic E-state index is 9.21. The van der Waals surface area contributed by atoms with Gasteiger partial charge in [0.05, 0.1) is 12.7 Å². The highest BCUT2D eigenvalue weighted by molar-refractivity contribution is 4.81. The molecular formula is C12H28N2O5. The summed E-state index contributed by atoms with van der Waals surface area (Å²) in [6.45, 7) is 1.93. The summed E-state index contributed by atoms with van der Waals surface area (Å²) >= 11 is 0. The zero-order chi connectivity index (χ0) is 14.7. The molecule has 0 aliphatic carbocycles. The van der Waals surface area contributed by atoms with Crippen molar-refractivity contribution < 1.29 is 25.5 Å². The molecular weight excluding hydrogens is 252 g/mol. The normalized spacial score (nSPS) is 21.8. The highest BCUT2D eigenvalue weighted by Gasteiger charge is 2.29. The number of likely N-dealkylation sites (N-methyl/N-ethyl adjacent to an activating group) is 1. The molecule has 1 fully saturated rings. The smallest absolute Gasteiger partial charge is 0.111 e. The number of hydrogen-bond acceptors (Lipinski definition) is 7. The molecule has 7 N–H and O–H groups in total. The van der Waals surface area contributed by atoms with Crippen molar-refractivity contribution in [1.82, 2.24) is 10.6 Å². The lowest BCUT2D eigenvalue weighted by atomic mass is 10.0. The Morgan fingerprint density at radius 1 is 0.947 bits per heavy atom. The van der Waals surface area contributed by atoms with Crippen LogP contribution in [0.3, 0.4) is 0 Å². The van der Waals surface area contributed by atoms with E-state index in [1.165, 1.54) is 32.4 Å². The van der Waals surface area contributed by atoms with Gasteiger partial charge in [0.25, 0.3) is 0 Å². The average Bonchev–Trinajstić information content (AvgIpc) is 2.47. The fourth-order valence-electron chi connectivity index (χ4n) is 1.69. The van der Waals surface area contributed by atoms with Gasteiger partial charge in [0.2, 0.25) is 0 Å². The third-order valence-corrected chi connectivity index (χ3v) is 2.95. The van der Waals surface area contributed by atoms with Crippen LogP contribution in [0.4, 0.5) is 0 Å². The number of piperidine rings is 1. The third-order valence-electron chi connectivity index (χ3n) is 2.95. The monoisotopic (exact) mass is 280 g/mol. The van der Waals surface area contributed by atoms with Crippen LogP contribution in [-0.2, 0) is 0 Å². The lowest BCUT2D eigenvalue weighted by Crippen LogP contribution is -2.48. The third kappa shape index (κ3) is 8.48. The van der Waals surface area contributed by atoms with Gasteiger partial charge >= 0.3 is 0 Å². The fraction of sp³-hybridized carbons (Fsp3) is 1.00. The number of aliphatic hydroxyl groups excluding tert-OH is 5. The molecule has 0 bridgehead atoms. The van der Waals surface area contributed by atoms with Crippen LogP contribution in [0, 0.1) is 0 Å². The van der Waals surface area contributed by atoms with Crippen molar-refractivity contribution in [2.45, 2.75) is 43.7 Å². The van der Waals surface area contributed by atoms with Crippen LogP contribution in [-0.4, -0.2) is 83.2 Å². The summed E-state index contributed by atoms with van der Waals surface area (Å²) in [7, 11) is 1.57. The van der Waals surface area contributed by atoms with E-state index in [0.717, 1.165) is 0 Å². The summed E-state index contributed by atoms with van der Waals surface area (Å²) in [4.78, 5) is 0. The summed E-state index contributed by atoms with van der Waals surface area (Å²) in [5, 5.41) is 50.8. The Balaban J connectivity index is 0.000000443. The molecule has 1 heterocycles. The second kappa shape index (κ2) is 11.5. The minimum absolute atomic E-state index is 0.0936. The first kappa shape index (κ1) is 18.7. The van der Waals surface area contributed by atoms with Gasteiger partial charge in [-0.2, -0.15) is 0 Å². The molecule has 0 radical (unpaired) electrons. The van der Waals surface area contributed by atoms with E-state index >= 15 is 0 Å². The minimum Gasteiger partial charge on any atom is -0.394 e. The average molecular weight is 280 g/mol. The van der Waals surface area contributed by atoms with Gasteiger partial charge in [0.1, 0.15) is 18.3 Å². The predicted octanol–water partition coefficient (Wildman–Crippen LogP) is -2.60. The molecule has 116 valence electrons. The summed E-state index contributed by atoms with van der Waals surface area (Å²) in [5.74, 6) is 0. The maximum absolute atomic E-state index is 9.21. The molecule has 0 aromatic rings. The number of aliphatic hydroxyl groups is 5. The quantitative estimate of drug-likeness (QED) is 0.284. The van der Waals surface area contributed by atoms with Crippen molar-refractivity contribution in [3.8, 4) is 0 Å². The standard InChI is InChI=1S/C7H17NO5.C5H11N/c1-8-2-4(10)6(12)7(13)5(11)3-9;1-2-4-6-5-3-1/h4-13H,2-3H2,1H3;6H,1-5H2/t4-,5+,6+,7+;/m0./s1. The molecule has 7 heteroatoms. The lowest BCUT2D eigenvalue weighted by Gasteiger charge is -2.25. The van der Waals surface area contributed by atoms with E-state index in [9.17, 15) is 5.11 Å². The molecule has 0 aromatic heterocycles. The summed E-state index contributed by atoms with van der Waals surface area (Å²) in [5.41, 5.74) is 0. The van der Waals surface area contributed by atoms with E-state index in [1.54, 1.807) is 7.05 Å². The van der Waals surface area contributed by atoms with Crippen molar-refractivity contribution in [3.05, 3.63) is 0 Å². The Kier molecular flexibility index (Phi) is 11.4. The Morgan fingerprint density at radius 2 is 1.47 bits per heavy atom. The predicted molar refractivity (Wildman–Crippen MR) is 71.8 cm³/mol. The highest BCUT2D eigenvalue weighted by atomic mass is 16.4. The Bertz CT molecular complexity index is 193. The summed E-state index contributed by atoms with van der Waals surface area (Å²) < 4.78 is 0. The molecule has 0 spiro atoms. The van der Waals surface area contributed by atoms with Crippen LogP contribution in [0.1, 0.15) is 19.3 Å². The number of rotatable bonds is 6. The minimum atomic E-state index is -1.55. The Hall–Kier alpha value is -0.280. The van der Waals surface area contributed by atoms with Crippen LogP contribution >= 0.6 is 0 Å². The van der Waals surface area contributed by atoms with Crippen molar-refractivity contribution in [2.24, 2.45) is 0 Å². The first-order chi connectivity index (χ1) is 9.04. The van der Waals surface area contributed by atoms with Gasteiger partial charge in [0.15, 0.2) is 0 Å². The van der Waals surface area contributed by atoms with Crippen molar-refractivity contribution in [2.75, 3.05) is 33.3 Å². The van der Waals surface area contributed by atoms with Gasteiger partial charge in [-0.05, 0) is 33.0 Å². The molecule has 1 aliphatic rings. The molecule has 1 rings (SSSR count). The molecule has 0 unspecified atom stereocenters. The zero-order valence-electron chi connectivity index (χ0n) is 11.5. The topological polar surface area (TPSA) is 125 Å². The Labute approximate surface area is 114 Å². The van der Waals surface area contributed by atoms with Gasteiger partial charge in [-0.25, -0.2) is 0 Å². The van der Waals surface area contributed by atoms with Gasteiger partial charge in [-0.15, -0.1) is 0 Å². The van der Waals surface area contributed by atoms with E-state index in [2.05, 4.69) is 10.6 Å². The summed E-state index contributed by atoms with van der Waals surface area (Å²) in [6, 6.07) is 0. The second-order valence-corrected chi connectivity index (χ2v) is 4.67. The summed E-state index contributed by atoms with van der Waals surface area (Å²) in [6.07, 6.45) is -1.43. The molecule has 0 aromatic carbocycles. The first-order valence-electron chi connectivity index (χ1n) is 6.73. The van der Waals surface area contributed by atoms with Crippen molar-refractivity contribution >= 4 is 0 Å². The largest absolute Gasteiger partial charge is 0.394 e. The van der Waals surface area contributed by atoms with Crippen molar-refractivity contribution in [1.29, 1.82) is 0 Å². The van der Waals surface area contributed by atoms with Crippen LogP contribution in [0.15, 0.2) is 0 Å².